The smallest absolute Gasteiger partial charge is 0.200 e. The first-order valence-corrected chi connectivity index (χ1v) is 17.3. The molecule has 0 N–H and O–H groups in total. The SMILES string of the molecule is C[N+](c1ccccc1)(c1ccccc1)c1cc(-c2c(F)c(F)c(F)c(F)c2F)c(-c2c(F)c(F)c(F)c(F)c2F)c(-c2c(F)c(F)c(F)c(F)c2F)c1-c1c(F)c(F)c(F)c(F)c1F. The Morgan fingerprint density at radius 1 is 0.250 bits per heavy atom. The molecule has 64 heavy (non-hydrogen) atoms. The van der Waals surface area contributed by atoms with Crippen molar-refractivity contribution in [3.05, 3.63) is 183 Å². The van der Waals surface area contributed by atoms with E-state index in [0.29, 0.717) is 0 Å². The van der Waals surface area contributed by atoms with Gasteiger partial charge in [0, 0.05) is 22.8 Å². The summed E-state index contributed by atoms with van der Waals surface area (Å²) >= 11 is 0. The standard InChI is InChI=1S/C43H14F20N/c1-64(13-8-4-2-5-9-13,14-10-6-3-7-11-14)16-12-15(18-24(44)32(52)40(60)33(53)25(18)45)17(21-26(46)34(54)41(61)35(55)27(21)47)20(23-30(50)38(58)43(63)39(59)31(23)51)19(16)22-28(48)36(56)42(62)37(57)29(22)49/h2-12H,1H3/q+1. The van der Waals surface area contributed by atoms with Crippen molar-refractivity contribution in [2.75, 3.05) is 7.05 Å². The first-order valence-electron chi connectivity index (χ1n) is 17.3. The number of benzene rings is 7. The van der Waals surface area contributed by atoms with Gasteiger partial charge in [-0.1, -0.05) is 36.4 Å². The van der Waals surface area contributed by atoms with Gasteiger partial charge in [-0.25, -0.2) is 92.3 Å². The van der Waals surface area contributed by atoms with Crippen molar-refractivity contribution in [1.29, 1.82) is 0 Å². The molecule has 0 heterocycles. The van der Waals surface area contributed by atoms with Gasteiger partial charge in [-0.15, -0.1) is 0 Å². The van der Waals surface area contributed by atoms with Crippen molar-refractivity contribution < 1.29 is 87.8 Å². The second-order valence-electron chi connectivity index (χ2n) is 13.5. The Kier molecular flexibility index (Phi) is 11.3. The lowest BCUT2D eigenvalue weighted by molar-refractivity contribution is 0.379. The molecule has 0 spiro atoms. The molecular weight excluding hydrogens is 910 g/mol. The fraction of sp³-hybridized carbons (Fsp3) is 0.0233. The van der Waals surface area contributed by atoms with Crippen LogP contribution in [0.1, 0.15) is 0 Å². The van der Waals surface area contributed by atoms with Crippen LogP contribution < -0.4 is 4.48 Å². The maximum Gasteiger partial charge on any atom is 0.200 e. The number of halogens is 20. The quantitative estimate of drug-likeness (QED) is 0.0647. The molecule has 0 bridgehead atoms. The molecule has 0 radical (unpaired) electrons. The van der Waals surface area contributed by atoms with E-state index in [4.69, 9.17) is 0 Å². The Morgan fingerprint density at radius 2 is 0.484 bits per heavy atom. The van der Waals surface area contributed by atoms with Crippen LogP contribution in [-0.2, 0) is 0 Å². The molecule has 7 aromatic rings. The molecule has 0 amide bonds. The molecular formula is C43H14F20N+. The van der Waals surface area contributed by atoms with Crippen LogP contribution in [0.15, 0.2) is 66.7 Å². The van der Waals surface area contributed by atoms with Gasteiger partial charge in [0.25, 0.3) is 0 Å². The molecule has 0 fully saturated rings. The summed E-state index contributed by atoms with van der Waals surface area (Å²) in [6.07, 6.45) is 0. The van der Waals surface area contributed by atoms with E-state index in [0.717, 1.165) is 55.6 Å². The molecule has 0 aromatic heterocycles. The predicted molar refractivity (Wildman–Crippen MR) is 187 cm³/mol. The minimum absolute atomic E-state index is 0.116. The number of rotatable bonds is 7. The Balaban J connectivity index is 2.02. The third-order valence-electron chi connectivity index (χ3n) is 10.2. The maximum atomic E-state index is 16.5. The lowest BCUT2D eigenvalue weighted by Crippen LogP contribution is -2.35. The predicted octanol–water partition coefficient (Wildman–Crippen LogP) is 14.7. The molecule has 0 saturated carbocycles. The highest BCUT2D eigenvalue weighted by atomic mass is 19.2. The zero-order valence-electron chi connectivity index (χ0n) is 30.9. The summed E-state index contributed by atoms with van der Waals surface area (Å²) in [6, 6.07) is 11.2. The van der Waals surface area contributed by atoms with E-state index in [2.05, 4.69) is 0 Å². The minimum Gasteiger partial charge on any atom is -0.228 e. The van der Waals surface area contributed by atoms with E-state index in [1.54, 1.807) is 0 Å². The second-order valence-corrected chi connectivity index (χ2v) is 13.5. The van der Waals surface area contributed by atoms with Gasteiger partial charge in [0.15, 0.2) is 98.8 Å². The van der Waals surface area contributed by atoms with Crippen molar-refractivity contribution in [2.24, 2.45) is 0 Å². The van der Waals surface area contributed by atoms with Crippen LogP contribution in [0, 0.1) is 116 Å². The molecule has 0 aliphatic carbocycles. The third-order valence-corrected chi connectivity index (χ3v) is 10.2. The van der Waals surface area contributed by atoms with E-state index < -0.39 is 182 Å². The first kappa shape index (κ1) is 45.1. The number of hydrogen-bond acceptors (Lipinski definition) is 0. The average molecular weight is 925 g/mol. The molecule has 0 aliphatic heterocycles. The third kappa shape index (κ3) is 6.37. The van der Waals surface area contributed by atoms with E-state index in [9.17, 15) is 17.6 Å². The fourth-order valence-corrected chi connectivity index (χ4v) is 7.18. The summed E-state index contributed by atoms with van der Waals surface area (Å²) in [6.45, 7) is 0. The van der Waals surface area contributed by atoms with E-state index in [1.165, 1.54) is 12.1 Å². The summed E-state index contributed by atoms with van der Waals surface area (Å²) in [5.41, 5.74) is -22.6. The summed E-state index contributed by atoms with van der Waals surface area (Å²) < 4.78 is 310. The molecule has 0 aliphatic rings. The zero-order chi connectivity index (χ0) is 47.2. The molecule has 1 nitrogen and oxygen atoms in total. The van der Waals surface area contributed by atoms with Gasteiger partial charge in [-0.05, 0) is 24.3 Å². The van der Waals surface area contributed by atoms with Gasteiger partial charge < -0.3 is 0 Å². The van der Waals surface area contributed by atoms with Gasteiger partial charge in [0.2, 0.25) is 23.3 Å². The molecule has 0 unspecified atom stereocenters. The molecule has 21 heteroatoms. The summed E-state index contributed by atoms with van der Waals surface area (Å²) in [4.78, 5) is 0. The largest absolute Gasteiger partial charge is 0.228 e. The summed E-state index contributed by atoms with van der Waals surface area (Å²) in [7, 11) is 0.832. The topological polar surface area (TPSA) is 0 Å². The van der Waals surface area contributed by atoms with E-state index in [-0.39, 0.29) is 6.07 Å². The second kappa shape index (κ2) is 16.0. The van der Waals surface area contributed by atoms with Crippen LogP contribution in [0.2, 0.25) is 0 Å². The van der Waals surface area contributed by atoms with E-state index >= 15 is 70.2 Å². The van der Waals surface area contributed by atoms with Crippen LogP contribution in [0.3, 0.4) is 0 Å². The number of para-hydroxylation sites is 2. The summed E-state index contributed by atoms with van der Waals surface area (Å²) in [5, 5.41) is 0. The summed E-state index contributed by atoms with van der Waals surface area (Å²) in [5.74, 6) is -62.1. The number of hydrogen-bond donors (Lipinski definition) is 0. The monoisotopic (exact) mass is 924 g/mol. The maximum absolute atomic E-state index is 16.5. The van der Waals surface area contributed by atoms with Crippen LogP contribution >= 0.6 is 0 Å². The lowest BCUT2D eigenvalue weighted by Gasteiger charge is -2.37. The molecule has 7 aromatic carbocycles. The molecule has 0 atom stereocenters. The highest BCUT2D eigenvalue weighted by Crippen LogP contribution is 2.59. The lowest BCUT2D eigenvalue weighted by atomic mass is 9.79. The van der Waals surface area contributed by atoms with Crippen molar-refractivity contribution in [3.63, 3.8) is 0 Å². The van der Waals surface area contributed by atoms with Crippen LogP contribution in [0.5, 0.6) is 0 Å². The Morgan fingerprint density at radius 3 is 0.781 bits per heavy atom. The Labute approximate surface area is 343 Å². The van der Waals surface area contributed by atoms with Gasteiger partial charge in [-0.3, -0.25) is 0 Å². The van der Waals surface area contributed by atoms with Gasteiger partial charge in [0.05, 0.1) is 34.9 Å². The average Bonchev–Trinajstić information content (AvgIpc) is 3.30. The van der Waals surface area contributed by atoms with E-state index in [1.807, 2.05) is 0 Å². The molecule has 7 rings (SSSR count). The van der Waals surface area contributed by atoms with Crippen molar-refractivity contribution >= 4 is 17.1 Å². The number of quaternary nitrogens is 1. The van der Waals surface area contributed by atoms with Gasteiger partial charge in [0.1, 0.15) is 11.4 Å². The highest BCUT2D eigenvalue weighted by molar-refractivity contribution is 6.08. The zero-order valence-corrected chi connectivity index (χ0v) is 30.9. The normalized spacial score (nSPS) is 11.8. The van der Waals surface area contributed by atoms with Gasteiger partial charge >= 0.3 is 0 Å². The Hall–Kier alpha value is -6.90. The van der Waals surface area contributed by atoms with Crippen LogP contribution in [0.4, 0.5) is 105 Å². The fourth-order valence-electron chi connectivity index (χ4n) is 7.18. The van der Waals surface area contributed by atoms with Crippen LogP contribution in [0.25, 0.3) is 44.5 Å². The van der Waals surface area contributed by atoms with Crippen molar-refractivity contribution in [3.8, 4) is 44.5 Å². The minimum atomic E-state index is -3.21. The Bertz CT molecular complexity index is 2960. The highest BCUT2D eigenvalue weighted by Gasteiger charge is 2.45. The first-order chi connectivity index (χ1) is 30.0. The molecule has 0 saturated heterocycles. The van der Waals surface area contributed by atoms with Crippen LogP contribution in [-0.4, -0.2) is 7.05 Å². The van der Waals surface area contributed by atoms with Crippen molar-refractivity contribution in [2.45, 2.75) is 0 Å². The molecule has 330 valence electrons. The van der Waals surface area contributed by atoms with Crippen molar-refractivity contribution in [1.82, 2.24) is 4.48 Å². The number of nitrogens with zero attached hydrogens (tertiary/aromatic N) is 1. The van der Waals surface area contributed by atoms with Gasteiger partial charge in [-0.2, -0.15) is 0 Å².